The standard InChI is InChI=1S/C18H24FN3O3/c1-20-18(24)12-22-9-7-14(8-10-22)21-17(23)6-4-13-3-5-16(25-2)15(19)11-13/h3-6,11,14H,7-10,12H2,1-2H3,(H,20,24)(H,21,23)/b6-4+. The first kappa shape index (κ1) is 18.9. The van der Waals surface area contributed by atoms with Gasteiger partial charge in [-0.15, -0.1) is 0 Å². The molecule has 1 fully saturated rings. The molecule has 2 amide bonds. The lowest BCUT2D eigenvalue weighted by Gasteiger charge is -2.31. The summed E-state index contributed by atoms with van der Waals surface area (Å²) in [6, 6.07) is 4.61. The van der Waals surface area contributed by atoms with Crippen molar-refractivity contribution in [3.63, 3.8) is 0 Å². The van der Waals surface area contributed by atoms with Crippen LogP contribution in [0, 0.1) is 5.82 Å². The van der Waals surface area contributed by atoms with Crippen LogP contribution in [0.25, 0.3) is 6.08 Å². The molecule has 0 bridgehead atoms. The molecule has 25 heavy (non-hydrogen) atoms. The van der Waals surface area contributed by atoms with Crippen LogP contribution in [-0.4, -0.2) is 56.5 Å². The monoisotopic (exact) mass is 349 g/mol. The Morgan fingerprint density at radius 2 is 2.08 bits per heavy atom. The van der Waals surface area contributed by atoms with Crippen molar-refractivity contribution in [2.45, 2.75) is 18.9 Å². The molecule has 0 aromatic heterocycles. The number of nitrogens with zero attached hydrogens (tertiary/aromatic N) is 1. The summed E-state index contributed by atoms with van der Waals surface area (Å²) >= 11 is 0. The van der Waals surface area contributed by atoms with Crippen LogP contribution < -0.4 is 15.4 Å². The van der Waals surface area contributed by atoms with E-state index >= 15 is 0 Å². The van der Waals surface area contributed by atoms with Gasteiger partial charge in [0.25, 0.3) is 0 Å². The summed E-state index contributed by atoms with van der Waals surface area (Å²) in [6.45, 7) is 1.93. The number of hydrogen-bond donors (Lipinski definition) is 2. The van der Waals surface area contributed by atoms with E-state index in [1.165, 1.54) is 25.3 Å². The predicted octanol–water partition coefficient (Wildman–Crippen LogP) is 1.17. The summed E-state index contributed by atoms with van der Waals surface area (Å²) in [6.07, 6.45) is 4.57. The number of halogens is 1. The van der Waals surface area contributed by atoms with Crippen LogP contribution in [-0.2, 0) is 9.59 Å². The van der Waals surface area contributed by atoms with Crippen molar-refractivity contribution in [2.75, 3.05) is 33.8 Å². The van der Waals surface area contributed by atoms with Crippen molar-refractivity contribution in [1.82, 2.24) is 15.5 Å². The van der Waals surface area contributed by atoms with Gasteiger partial charge in [-0.2, -0.15) is 0 Å². The van der Waals surface area contributed by atoms with Crippen molar-refractivity contribution in [3.8, 4) is 5.75 Å². The molecule has 1 aromatic carbocycles. The van der Waals surface area contributed by atoms with Crippen LogP contribution in [0.5, 0.6) is 5.75 Å². The third-order valence-electron chi connectivity index (χ3n) is 4.18. The topological polar surface area (TPSA) is 70.7 Å². The zero-order valence-corrected chi connectivity index (χ0v) is 14.5. The highest BCUT2D eigenvalue weighted by molar-refractivity contribution is 5.91. The number of likely N-dealkylation sites (tertiary alicyclic amines) is 1. The smallest absolute Gasteiger partial charge is 0.244 e. The van der Waals surface area contributed by atoms with E-state index in [0.29, 0.717) is 12.1 Å². The van der Waals surface area contributed by atoms with Crippen molar-refractivity contribution in [2.24, 2.45) is 0 Å². The van der Waals surface area contributed by atoms with Crippen molar-refractivity contribution < 1.29 is 18.7 Å². The third-order valence-corrected chi connectivity index (χ3v) is 4.18. The van der Waals surface area contributed by atoms with Gasteiger partial charge in [-0.1, -0.05) is 6.07 Å². The van der Waals surface area contributed by atoms with Crippen LogP contribution >= 0.6 is 0 Å². The molecule has 0 spiro atoms. The minimum absolute atomic E-state index is 0.00265. The van der Waals surface area contributed by atoms with E-state index in [1.54, 1.807) is 19.2 Å². The second-order valence-corrected chi connectivity index (χ2v) is 5.96. The molecule has 2 N–H and O–H groups in total. The normalized spacial score (nSPS) is 16.0. The quantitative estimate of drug-likeness (QED) is 0.757. The zero-order chi connectivity index (χ0) is 18.2. The maximum Gasteiger partial charge on any atom is 0.244 e. The van der Waals surface area contributed by atoms with Gasteiger partial charge in [0.1, 0.15) is 0 Å². The highest BCUT2D eigenvalue weighted by Gasteiger charge is 2.21. The van der Waals surface area contributed by atoms with E-state index in [0.717, 1.165) is 25.9 Å². The number of ether oxygens (including phenoxy) is 1. The van der Waals surface area contributed by atoms with Gasteiger partial charge in [-0.25, -0.2) is 4.39 Å². The summed E-state index contributed by atoms with van der Waals surface area (Å²) in [5.41, 5.74) is 0.592. The minimum atomic E-state index is -0.464. The lowest BCUT2D eigenvalue weighted by molar-refractivity contribution is -0.122. The van der Waals surface area contributed by atoms with Gasteiger partial charge >= 0.3 is 0 Å². The van der Waals surface area contributed by atoms with E-state index in [4.69, 9.17) is 4.74 Å². The number of carbonyl (C=O) groups is 2. The fraction of sp³-hybridized carbons (Fsp3) is 0.444. The van der Waals surface area contributed by atoms with E-state index in [1.807, 2.05) is 0 Å². The number of rotatable bonds is 6. The number of methoxy groups -OCH3 is 1. The largest absolute Gasteiger partial charge is 0.494 e. The van der Waals surface area contributed by atoms with Crippen LogP contribution in [0.1, 0.15) is 18.4 Å². The fourth-order valence-corrected chi connectivity index (χ4v) is 2.73. The Morgan fingerprint density at radius 3 is 2.68 bits per heavy atom. The number of amides is 2. The third kappa shape index (κ3) is 5.86. The zero-order valence-electron chi connectivity index (χ0n) is 14.5. The minimum Gasteiger partial charge on any atom is -0.494 e. The SMILES string of the molecule is CNC(=O)CN1CCC(NC(=O)/C=C/c2ccc(OC)c(F)c2)CC1. The summed E-state index contributed by atoms with van der Waals surface area (Å²) < 4.78 is 18.5. The van der Waals surface area contributed by atoms with E-state index in [2.05, 4.69) is 15.5 Å². The molecule has 7 heteroatoms. The number of hydrogen-bond acceptors (Lipinski definition) is 4. The Morgan fingerprint density at radius 1 is 1.36 bits per heavy atom. The first-order valence-electron chi connectivity index (χ1n) is 8.27. The van der Waals surface area contributed by atoms with Gasteiger partial charge in [-0.05, 0) is 36.6 Å². The van der Waals surface area contributed by atoms with Gasteiger partial charge in [0.2, 0.25) is 11.8 Å². The molecule has 0 atom stereocenters. The van der Waals surface area contributed by atoms with Gasteiger partial charge < -0.3 is 15.4 Å². The van der Waals surface area contributed by atoms with Crippen LogP contribution in [0.3, 0.4) is 0 Å². The molecule has 0 radical (unpaired) electrons. The van der Waals surface area contributed by atoms with Crippen LogP contribution in [0.15, 0.2) is 24.3 Å². The van der Waals surface area contributed by atoms with Crippen LogP contribution in [0.4, 0.5) is 4.39 Å². The van der Waals surface area contributed by atoms with Gasteiger partial charge in [0.15, 0.2) is 11.6 Å². The number of benzene rings is 1. The highest BCUT2D eigenvalue weighted by Crippen LogP contribution is 2.18. The maximum atomic E-state index is 13.6. The first-order chi connectivity index (χ1) is 12.0. The Labute approximate surface area is 147 Å². The van der Waals surface area contributed by atoms with E-state index < -0.39 is 5.82 Å². The molecule has 6 nitrogen and oxygen atoms in total. The van der Waals surface area contributed by atoms with Gasteiger partial charge in [0, 0.05) is 32.3 Å². The molecule has 1 aliphatic rings. The predicted molar refractivity (Wildman–Crippen MR) is 93.7 cm³/mol. The Balaban J connectivity index is 1.79. The first-order valence-corrected chi connectivity index (χ1v) is 8.27. The summed E-state index contributed by atoms with van der Waals surface area (Å²) in [5, 5.41) is 5.55. The Bertz CT molecular complexity index is 640. The van der Waals surface area contributed by atoms with Crippen molar-refractivity contribution in [1.29, 1.82) is 0 Å². The summed E-state index contributed by atoms with van der Waals surface area (Å²) in [5.74, 6) is -0.503. The van der Waals surface area contributed by atoms with E-state index in [9.17, 15) is 14.0 Å². The molecular formula is C18H24FN3O3. The highest BCUT2D eigenvalue weighted by atomic mass is 19.1. The van der Waals surface area contributed by atoms with Crippen LogP contribution in [0.2, 0.25) is 0 Å². The van der Waals surface area contributed by atoms with Crippen molar-refractivity contribution in [3.05, 3.63) is 35.7 Å². The average Bonchev–Trinajstić information content (AvgIpc) is 2.61. The molecule has 1 heterocycles. The Hall–Kier alpha value is -2.41. The summed E-state index contributed by atoms with van der Waals surface area (Å²) in [4.78, 5) is 25.4. The second-order valence-electron chi connectivity index (χ2n) is 5.96. The van der Waals surface area contributed by atoms with Crippen molar-refractivity contribution >= 4 is 17.9 Å². The Kier molecular flexibility index (Phi) is 6.94. The van der Waals surface area contributed by atoms with Gasteiger partial charge in [0.05, 0.1) is 13.7 Å². The lowest BCUT2D eigenvalue weighted by Crippen LogP contribution is -2.46. The molecule has 0 unspecified atom stereocenters. The number of nitrogens with one attached hydrogen (secondary N) is 2. The average molecular weight is 349 g/mol. The number of carbonyl (C=O) groups excluding carboxylic acids is 2. The molecule has 1 aromatic rings. The lowest BCUT2D eigenvalue weighted by atomic mass is 10.0. The molecule has 1 aliphatic heterocycles. The van der Waals surface area contributed by atoms with Gasteiger partial charge in [-0.3, -0.25) is 14.5 Å². The molecule has 136 valence electrons. The second kappa shape index (κ2) is 9.17. The molecule has 2 rings (SSSR count). The number of likely N-dealkylation sites (N-methyl/N-ethyl adjacent to an activating group) is 1. The molecule has 0 aliphatic carbocycles. The molecule has 1 saturated heterocycles. The number of piperidine rings is 1. The fourth-order valence-electron chi connectivity index (χ4n) is 2.73. The van der Waals surface area contributed by atoms with E-state index in [-0.39, 0.29) is 23.6 Å². The molecule has 0 saturated carbocycles. The maximum absolute atomic E-state index is 13.6. The summed E-state index contributed by atoms with van der Waals surface area (Å²) in [7, 11) is 3.03. The molecular weight excluding hydrogens is 325 g/mol.